The lowest BCUT2D eigenvalue weighted by Crippen LogP contribution is -2.42. The van der Waals surface area contributed by atoms with Gasteiger partial charge in [-0.3, -0.25) is 9.59 Å². The number of ether oxygens (including phenoxy) is 1. The molecule has 2 saturated carbocycles. The van der Waals surface area contributed by atoms with E-state index in [0.717, 1.165) is 11.8 Å². The SMILES string of the molecule is CC(=O)Nc1ccc(OCC(=O)NC(C)C2CC3CCC2C3)cc1. The van der Waals surface area contributed by atoms with Gasteiger partial charge in [-0.1, -0.05) is 6.42 Å². The van der Waals surface area contributed by atoms with Crippen molar-refractivity contribution >= 4 is 17.5 Å². The fourth-order valence-electron chi connectivity index (χ4n) is 4.30. The summed E-state index contributed by atoms with van der Waals surface area (Å²) < 4.78 is 5.53. The van der Waals surface area contributed by atoms with E-state index in [1.54, 1.807) is 24.3 Å². The van der Waals surface area contributed by atoms with Crippen LogP contribution in [0.2, 0.25) is 0 Å². The third-order valence-electron chi connectivity index (χ3n) is 5.37. The first kappa shape index (κ1) is 16.8. The van der Waals surface area contributed by atoms with Crippen LogP contribution in [-0.4, -0.2) is 24.5 Å². The lowest BCUT2D eigenvalue weighted by Gasteiger charge is -2.28. The molecule has 0 heterocycles. The van der Waals surface area contributed by atoms with Crippen LogP contribution < -0.4 is 15.4 Å². The summed E-state index contributed by atoms with van der Waals surface area (Å²) in [6.07, 6.45) is 5.31. The average molecular weight is 330 g/mol. The number of carbonyl (C=O) groups is 2. The fraction of sp³-hybridized carbons (Fsp3) is 0.579. The lowest BCUT2D eigenvalue weighted by molar-refractivity contribution is -0.124. The third-order valence-corrected chi connectivity index (χ3v) is 5.37. The fourth-order valence-corrected chi connectivity index (χ4v) is 4.30. The van der Waals surface area contributed by atoms with Gasteiger partial charge in [-0.25, -0.2) is 0 Å². The van der Waals surface area contributed by atoms with Crippen molar-refractivity contribution in [1.29, 1.82) is 0 Å². The van der Waals surface area contributed by atoms with Gasteiger partial charge in [0.25, 0.3) is 5.91 Å². The first-order valence-corrected chi connectivity index (χ1v) is 8.81. The largest absolute Gasteiger partial charge is 0.484 e. The van der Waals surface area contributed by atoms with Gasteiger partial charge < -0.3 is 15.4 Å². The maximum atomic E-state index is 12.1. The van der Waals surface area contributed by atoms with E-state index in [4.69, 9.17) is 4.74 Å². The maximum Gasteiger partial charge on any atom is 0.258 e. The van der Waals surface area contributed by atoms with E-state index < -0.39 is 0 Å². The molecule has 0 radical (unpaired) electrons. The van der Waals surface area contributed by atoms with Gasteiger partial charge in [-0.05, 0) is 68.2 Å². The van der Waals surface area contributed by atoms with E-state index in [2.05, 4.69) is 17.6 Å². The number of benzene rings is 1. The molecule has 0 aliphatic heterocycles. The van der Waals surface area contributed by atoms with E-state index in [1.807, 2.05) is 0 Å². The van der Waals surface area contributed by atoms with E-state index in [9.17, 15) is 9.59 Å². The summed E-state index contributed by atoms with van der Waals surface area (Å²) in [7, 11) is 0. The number of rotatable bonds is 6. The highest BCUT2D eigenvalue weighted by atomic mass is 16.5. The Morgan fingerprint density at radius 1 is 1.21 bits per heavy atom. The summed E-state index contributed by atoms with van der Waals surface area (Å²) in [4.78, 5) is 23.1. The van der Waals surface area contributed by atoms with Crippen molar-refractivity contribution in [3.63, 3.8) is 0 Å². The Hall–Kier alpha value is -2.04. The van der Waals surface area contributed by atoms with Gasteiger partial charge in [0.1, 0.15) is 5.75 Å². The van der Waals surface area contributed by atoms with Gasteiger partial charge in [0.05, 0.1) is 0 Å². The number of carbonyl (C=O) groups excluding carboxylic acids is 2. The second kappa shape index (κ2) is 7.24. The molecule has 2 fully saturated rings. The molecule has 2 aliphatic rings. The summed E-state index contributed by atoms with van der Waals surface area (Å²) in [5.74, 6) is 2.75. The van der Waals surface area contributed by atoms with Gasteiger partial charge >= 0.3 is 0 Å². The Morgan fingerprint density at radius 3 is 2.54 bits per heavy atom. The Bertz CT molecular complexity index is 599. The summed E-state index contributed by atoms with van der Waals surface area (Å²) >= 11 is 0. The number of nitrogens with one attached hydrogen (secondary N) is 2. The molecule has 24 heavy (non-hydrogen) atoms. The minimum atomic E-state index is -0.113. The highest BCUT2D eigenvalue weighted by molar-refractivity contribution is 5.88. The predicted molar refractivity (Wildman–Crippen MR) is 92.8 cm³/mol. The van der Waals surface area contributed by atoms with E-state index in [-0.39, 0.29) is 24.5 Å². The van der Waals surface area contributed by atoms with Gasteiger partial charge in [0.15, 0.2) is 6.61 Å². The number of amides is 2. The van der Waals surface area contributed by atoms with Crippen molar-refractivity contribution in [2.45, 2.75) is 45.6 Å². The second-order valence-electron chi connectivity index (χ2n) is 7.19. The van der Waals surface area contributed by atoms with Crippen LogP contribution >= 0.6 is 0 Å². The quantitative estimate of drug-likeness (QED) is 0.842. The molecule has 2 bridgehead atoms. The van der Waals surface area contributed by atoms with Crippen LogP contribution in [-0.2, 0) is 9.59 Å². The summed E-state index contributed by atoms with van der Waals surface area (Å²) in [6.45, 7) is 3.60. The van der Waals surface area contributed by atoms with Crippen LogP contribution in [0.5, 0.6) is 5.75 Å². The highest BCUT2D eigenvalue weighted by Crippen LogP contribution is 2.49. The first-order chi connectivity index (χ1) is 11.5. The zero-order valence-electron chi connectivity index (χ0n) is 14.4. The van der Waals surface area contributed by atoms with Gasteiger partial charge in [0, 0.05) is 18.7 Å². The number of fused-ring (bicyclic) bond motifs is 2. The molecule has 4 atom stereocenters. The molecular weight excluding hydrogens is 304 g/mol. The molecule has 0 saturated heterocycles. The molecular formula is C19H26N2O3. The van der Waals surface area contributed by atoms with E-state index in [0.29, 0.717) is 17.4 Å². The molecule has 130 valence electrons. The number of hydrogen-bond donors (Lipinski definition) is 2. The first-order valence-electron chi connectivity index (χ1n) is 8.81. The van der Waals surface area contributed by atoms with Crippen molar-refractivity contribution in [1.82, 2.24) is 5.32 Å². The zero-order valence-corrected chi connectivity index (χ0v) is 14.4. The van der Waals surface area contributed by atoms with Crippen molar-refractivity contribution in [2.75, 3.05) is 11.9 Å². The molecule has 2 aliphatic carbocycles. The number of hydrogen-bond acceptors (Lipinski definition) is 3. The molecule has 4 unspecified atom stereocenters. The Morgan fingerprint density at radius 2 is 1.96 bits per heavy atom. The minimum Gasteiger partial charge on any atom is -0.484 e. The van der Waals surface area contributed by atoms with E-state index in [1.165, 1.54) is 32.6 Å². The standard InChI is InChI=1S/C19H26N2O3/c1-12(18-10-14-3-4-15(18)9-14)20-19(23)11-24-17-7-5-16(6-8-17)21-13(2)22/h5-8,12,14-15,18H,3-4,9-11H2,1-2H3,(H,20,23)(H,21,22). The molecule has 0 aromatic heterocycles. The van der Waals surface area contributed by atoms with Gasteiger partial charge in [-0.15, -0.1) is 0 Å². The monoisotopic (exact) mass is 330 g/mol. The van der Waals surface area contributed by atoms with Crippen LogP contribution in [0.4, 0.5) is 5.69 Å². The summed E-state index contributed by atoms with van der Waals surface area (Å²) in [6, 6.07) is 7.23. The second-order valence-corrected chi connectivity index (χ2v) is 7.19. The highest BCUT2D eigenvalue weighted by Gasteiger charge is 2.42. The third kappa shape index (κ3) is 4.08. The Balaban J connectivity index is 1.43. The minimum absolute atomic E-state index is 0.0185. The summed E-state index contributed by atoms with van der Waals surface area (Å²) in [5, 5.41) is 5.79. The molecule has 1 aromatic rings. The van der Waals surface area contributed by atoms with Crippen LogP contribution in [0.15, 0.2) is 24.3 Å². The lowest BCUT2D eigenvalue weighted by atomic mass is 9.84. The van der Waals surface area contributed by atoms with Gasteiger partial charge in [0.2, 0.25) is 5.91 Å². The van der Waals surface area contributed by atoms with Crippen LogP contribution in [0.1, 0.15) is 39.5 Å². The molecule has 5 heteroatoms. The number of anilines is 1. The van der Waals surface area contributed by atoms with Crippen LogP contribution in [0.3, 0.4) is 0 Å². The van der Waals surface area contributed by atoms with Crippen LogP contribution in [0.25, 0.3) is 0 Å². The van der Waals surface area contributed by atoms with Crippen molar-refractivity contribution in [3.05, 3.63) is 24.3 Å². The molecule has 0 spiro atoms. The van der Waals surface area contributed by atoms with Crippen molar-refractivity contribution < 1.29 is 14.3 Å². The normalized spacial score (nSPS) is 26.0. The molecule has 2 amide bonds. The predicted octanol–water partition coefficient (Wildman–Crippen LogP) is 2.96. The molecule has 5 nitrogen and oxygen atoms in total. The molecule has 3 rings (SSSR count). The van der Waals surface area contributed by atoms with E-state index >= 15 is 0 Å². The molecule has 2 N–H and O–H groups in total. The maximum absolute atomic E-state index is 12.1. The Labute approximate surface area is 143 Å². The smallest absolute Gasteiger partial charge is 0.258 e. The van der Waals surface area contributed by atoms with Crippen molar-refractivity contribution in [3.8, 4) is 5.75 Å². The van der Waals surface area contributed by atoms with Crippen LogP contribution in [0, 0.1) is 17.8 Å². The zero-order chi connectivity index (χ0) is 17.1. The van der Waals surface area contributed by atoms with Crippen molar-refractivity contribution in [2.24, 2.45) is 17.8 Å². The summed E-state index contributed by atoms with van der Waals surface area (Å²) in [5.41, 5.74) is 0.712. The topological polar surface area (TPSA) is 67.4 Å². The average Bonchev–Trinajstić information content (AvgIpc) is 3.17. The Kier molecular flexibility index (Phi) is 5.07. The molecule has 1 aromatic carbocycles. The van der Waals surface area contributed by atoms with Gasteiger partial charge in [-0.2, -0.15) is 0 Å².